The first kappa shape index (κ1) is 38.7. The molecule has 1 aliphatic carbocycles. The molecule has 51 heavy (non-hydrogen) atoms. The number of fused-ring (bicyclic) bond motifs is 7. The van der Waals surface area contributed by atoms with Crippen molar-refractivity contribution in [2.24, 2.45) is 0 Å². The van der Waals surface area contributed by atoms with Crippen molar-refractivity contribution in [3.05, 3.63) is 160 Å². The molecule has 0 saturated carbocycles. The third-order valence-electron chi connectivity index (χ3n) is 9.05. The van der Waals surface area contributed by atoms with Crippen LogP contribution in [0.5, 0.6) is 0 Å². The van der Waals surface area contributed by atoms with Crippen molar-refractivity contribution in [1.29, 1.82) is 0 Å². The van der Waals surface area contributed by atoms with Crippen LogP contribution in [0.25, 0.3) is 55.4 Å². The molecule has 6 nitrogen and oxygen atoms in total. The van der Waals surface area contributed by atoms with Gasteiger partial charge in [-0.05, 0) is 116 Å². The van der Waals surface area contributed by atoms with Crippen LogP contribution in [0.3, 0.4) is 0 Å². The van der Waals surface area contributed by atoms with Crippen molar-refractivity contribution in [3.63, 3.8) is 0 Å². The minimum atomic E-state index is 0. The summed E-state index contributed by atoms with van der Waals surface area (Å²) >= 11 is 0. The van der Waals surface area contributed by atoms with E-state index in [0.29, 0.717) is 0 Å². The molecule has 8 rings (SSSR count). The Kier molecular flexibility index (Phi) is 13.4. The van der Waals surface area contributed by atoms with Gasteiger partial charge < -0.3 is 5.73 Å². The molecule has 1 N–H and O–H groups in total. The van der Waals surface area contributed by atoms with Gasteiger partial charge in [0.25, 0.3) is 0 Å². The Morgan fingerprint density at radius 2 is 0.882 bits per heavy atom. The zero-order chi connectivity index (χ0) is 35.8. The number of aryl methyl sites for hydroxylation is 5. The molecule has 7 heteroatoms. The van der Waals surface area contributed by atoms with Gasteiger partial charge in [-0.15, -0.1) is 0 Å². The smallest absolute Gasteiger partial charge is 0.705 e. The van der Waals surface area contributed by atoms with Crippen LogP contribution in [-0.2, 0) is 25.9 Å². The van der Waals surface area contributed by atoms with Crippen LogP contribution in [0.2, 0.25) is 0 Å². The summed E-state index contributed by atoms with van der Waals surface area (Å²) in [5.41, 5.74) is 22.1. The summed E-state index contributed by atoms with van der Waals surface area (Å²) in [6, 6.07) is 18.7. The van der Waals surface area contributed by atoms with E-state index in [-0.39, 0.29) is 19.5 Å². The van der Waals surface area contributed by atoms with E-state index in [1.807, 2.05) is 88.2 Å². The second kappa shape index (κ2) is 17.7. The van der Waals surface area contributed by atoms with Crippen LogP contribution in [-0.4, -0.2) is 24.9 Å². The maximum Gasteiger partial charge on any atom is 1.00 e. The molecule has 2 aromatic carbocycles. The largest absolute Gasteiger partial charge is 1.00 e. The topological polar surface area (TPSA) is 88.2 Å². The van der Waals surface area contributed by atoms with Gasteiger partial charge in [0, 0.05) is 58.9 Å². The molecule has 0 spiro atoms. The number of hydrogen-bond acceptors (Lipinski definition) is 5. The van der Waals surface area contributed by atoms with Gasteiger partial charge >= 0.3 is 19.5 Å². The van der Waals surface area contributed by atoms with Crippen molar-refractivity contribution < 1.29 is 19.5 Å². The molecule has 5 aromatic heterocycles. The van der Waals surface area contributed by atoms with Crippen LogP contribution in [0.15, 0.2) is 115 Å². The number of nitrogens with zero attached hydrogens (tertiary/aromatic N) is 5. The first-order chi connectivity index (χ1) is 24.3. The molecule has 259 valence electrons. The van der Waals surface area contributed by atoms with Gasteiger partial charge in [0.1, 0.15) is 0 Å². The van der Waals surface area contributed by atoms with E-state index in [2.05, 4.69) is 96.0 Å². The summed E-state index contributed by atoms with van der Waals surface area (Å²) in [5, 5.41) is 4.75. The van der Waals surface area contributed by atoms with E-state index in [4.69, 9.17) is 5.73 Å². The minimum Gasteiger partial charge on any atom is -0.705 e. The molecule has 1 aliphatic rings. The predicted molar refractivity (Wildman–Crippen MR) is 212 cm³/mol. The van der Waals surface area contributed by atoms with E-state index in [0.717, 1.165) is 39.8 Å². The Morgan fingerprint density at radius 1 is 0.529 bits per heavy atom. The zero-order valence-corrected chi connectivity index (χ0v) is 32.4. The molecule has 0 saturated heterocycles. The molecule has 7 aromatic rings. The number of allylic oxidation sites excluding steroid dienone is 4. The molecule has 0 bridgehead atoms. The Balaban J connectivity index is 0.000000166. The van der Waals surface area contributed by atoms with E-state index in [9.17, 15) is 0 Å². The fourth-order valence-electron chi connectivity index (χ4n) is 6.13. The first-order valence-electron chi connectivity index (χ1n) is 17.1. The number of rotatable bonds is 1. The van der Waals surface area contributed by atoms with Crippen LogP contribution >= 0.6 is 0 Å². The van der Waals surface area contributed by atoms with Gasteiger partial charge in [-0.2, -0.15) is 6.20 Å². The number of benzene rings is 2. The van der Waals surface area contributed by atoms with Crippen LogP contribution in [0.4, 0.5) is 0 Å². The Labute approximate surface area is 314 Å². The van der Waals surface area contributed by atoms with Crippen molar-refractivity contribution >= 4 is 49.7 Å². The first-order valence-corrected chi connectivity index (χ1v) is 17.1. The number of nitrogens with one attached hydrogen (secondary N) is 1. The monoisotopic (exact) mass is 759 g/mol. The van der Waals surface area contributed by atoms with Gasteiger partial charge in [-0.3, -0.25) is 24.9 Å². The maximum atomic E-state index is 7.08. The SMILES string of the molecule is CC.CC(/C=C\[NH-])=C1\C=Cc2c(C)ccnc2C1.Cc1ccnc2c1ccc1c(C)ccnc12.Cc1ccnc2c1ccc1c(C)ccnc12.[Ru+]. The van der Waals surface area contributed by atoms with Crippen LogP contribution < -0.4 is 0 Å². The molecular weight excluding hydrogens is 714 g/mol. The van der Waals surface area contributed by atoms with E-state index in [1.54, 1.807) is 0 Å². The molecule has 0 unspecified atom stereocenters. The normalized spacial score (nSPS) is 12.6. The number of pyridine rings is 5. The molecule has 5 heterocycles. The Hall–Kier alpha value is -5.13. The number of hydrogen-bond donors (Lipinski definition) is 0. The van der Waals surface area contributed by atoms with Crippen molar-refractivity contribution in [2.75, 3.05) is 0 Å². The quantitative estimate of drug-likeness (QED) is 0.123. The molecule has 0 amide bonds. The Morgan fingerprint density at radius 3 is 1.25 bits per heavy atom. The molecular formula is C44H45N6Ru. The van der Waals surface area contributed by atoms with Gasteiger partial charge in [0.15, 0.2) is 0 Å². The molecule has 0 aliphatic heterocycles. The van der Waals surface area contributed by atoms with Crippen molar-refractivity contribution in [3.8, 4) is 0 Å². The van der Waals surface area contributed by atoms with E-state index < -0.39 is 0 Å². The molecule has 1 radical (unpaired) electrons. The van der Waals surface area contributed by atoms with Crippen LogP contribution in [0.1, 0.15) is 59.8 Å². The second-order valence-corrected chi connectivity index (χ2v) is 12.3. The third kappa shape index (κ3) is 8.44. The summed E-state index contributed by atoms with van der Waals surface area (Å²) < 4.78 is 0. The maximum absolute atomic E-state index is 7.08. The minimum absolute atomic E-state index is 0. The van der Waals surface area contributed by atoms with E-state index in [1.165, 1.54) is 66.7 Å². The van der Waals surface area contributed by atoms with Crippen molar-refractivity contribution in [2.45, 2.75) is 61.8 Å². The zero-order valence-electron chi connectivity index (χ0n) is 30.7. The van der Waals surface area contributed by atoms with Gasteiger partial charge in [-0.25, -0.2) is 0 Å². The average Bonchev–Trinajstić information content (AvgIpc) is 3.14. The van der Waals surface area contributed by atoms with Crippen molar-refractivity contribution in [1.82, 2.24) is 24.9 Å². The Bertz CT molecular complexity index is 2160. The number of aromatic nitrogens is 5. The fraction of sp³-hybridized carbons (Fsp3) is 0.205. The summed E-state index contributed by atoms with van der Waals surface area (Å²) in [6.45, 7) is 16.6. The molecule has 0 fully saturated rings. The fourth-order valence-corrected chi connectivity index (χ4v) is 6.13. The standard InChI is InChI=1S/2C14H12N2.C14H15N2.C2H6.Ru/c2*1-9-5-7-15-13-11(9)3-4-12-10(2)6-8-16-14(12)13;1-10(5-7-15)12-3-4-13-11(2)6-8-16-14(13)9-12;1-2;/h2*3-8H,1-2H3;3-8,15H,9H2,1-2H3;1-2H3;/q;;-1;;+1/b;;7-5-,12-10-;;. The second-order valence-electron chi connectivity index (χ2n) is 12.3. The summed E-state index contributed by atoms with van der Waals surface area (Å²) in [6.07, 6.45) is 17.5. The van der Waals surface area contributed by atoms with Crippen LogP contribution in [0, 0.1) is 34.6 Å². The summed E-state index contributed by atoms with van der Waals surface area (Å²) in [7, 11) is 0. The predicted octanol–water partition coefficient (Wildman–Crippen LogP) is 11.7. The third-order valence-corrected chi connectivity index (χ3v) is 9.05. The van der Waals surface area contributed by atoms with Gasteiger partial charge in [0.2, 0.25) is 0 Å². The van der Waals surface area contributed by atoms with Gasteiger partial charge in [-0.1, -0.05) is 56.3 Å². The molecule has 0 atom stereocenters. The van der Waals surface area contributed by atoms with E-state index >= 15 is 0 Å². The summed E-state index contributed by atoms with van der Waals surface area (Å²) in [5.74, 6) is 0. The summed E-state index contributed by atoms with van der Waals surface area (Å²) in [4.78, 5) is 22.2. The average molecular weight is 759 g/mol. The van der Waals surface area contributed by atoms with Gasteiger partial charge in [0.05, 0.1) is 27.8 Å².